The predicted octanol–water partition coefficient (Wildman–Crippen LogP) is 3.11. The molecule has 1 aromatic heterocycles. The summed E-state index contributed by atoms with van der Waals surface area (Å²) in [5.74, 6) is 0.609. The van der Waals surface area contributed by atoms with Gasteiger partial charge >= 0.3 is 0 Å². The van der Waals surface area contributed by atoms with E-state index in [4.69, 9.17) is 11.6 Å². The van der Waals surface area contributed by atoms with Gasteiger partial charge in [-0.15, -0.1) is 0 Å². The molecule has 2 aromatic rings. The minimum absolute atomic E-state index is 0.181. The lowest BCUT2D eigenvalue weighted by Gasteiger charge is -2.20. The highest BCUT2D eigenvalue weighted by Gasteiger charge is 2.20. The summed E-state index contributed by atoms with van der Waals surface area (Å²) < 4.78 is 15.9. The fourth-order valence-corrected chi connectivity index (χ4v) is 2.44. The van der Waals surface area contributed by atoms with Crippen LogP contribution in [0.15, 0.2) is 30.6 Å². The largest absolute Gasteiger partial charge is 0.338 e. The number of imidazole rings is 1. The minimum Gasteiger partial charge on any atom is -0.338 e. The molecule has 0 bridgehead atoms. The topological polar surface area (TPSA) is 29.9 Å². The van der Waals surface area contributed by atoms with E-state index >= 15 is 0 Å². The van der Waals surface area contributed by atoms with Gasteiger partial charge in [-0.2, -0.15) is 0 Å². The van der Waals surface area contributed by atoms with Crippen molar-refractivity contribution in [3.05, 3.63) is 52.8 Å². The lowest BCUT2D eigenvalue weighted by molar-refractivity contribution is 0.496. The average molecular weight is 282 g/mol. The van der Waals surface area contributed by atoms with Crippen LogP contribution < -0.4 is 5.32 Å². The molecule has 2 rings (SSSR count). The standard InChI is InChI=1S/C14H17ClFN3/c1-3-17-12(9-13-18-7-8-19(13)2)14-10(15)5-4-6-11(14)16/h4-8,12,17H,3,9H2,1-2H3. The van der Waals surface area contributed by atoms with E-state index < -0.39 is 0 Å². The van der Waals surface area contributed by atoms with Crippen LogP contribution in [0.4, 0.5) is 4.39 Å². The zero-order valence-electron chi connectivity index (χ0n) is 11.0. The number of nitrogens with zero attached hydrogens (tertiary/aromatic N) is 2. The fraction of sp³-hybridized carbons (Fsp3) is 0.357. The summed E-state index contributed by atoms with van der Waals surface area (Å²) in [6, 6.07) is 4.58. The van der Waals surface area contributed by atoms with E-state index in [1.165, 1.54) is 6.07 Å². The summed E-state index contributed by atoms with van der Waals surface area (Å²) in [6.45, 7) is 2.72. The second-order valence-electron chi connectivity index (χ2n) is 4.40. The van der Waals surface area contributed by atoms with Crippen LogP contribution in [0.2, 0.25) is 5.02 Å². The maximum Gasteiger partial charge on any atom is 0.129 e. The molecule has 0 fully saturated rings. The Morgan fingerprint density at radius 3 is 2.84 bits per heavy atom. The molecule has 1 aromatic carbocycles. The third-order valence-electron chi connectivity index (χ3n) is 3.11. The van der Waals surface area contributed by atoms with Gasteiger partial charge in [0.05, 0.1) is 0 Å². The van der Waals surface area contributed by atoms with Gasteiger partial charge in [0.15, 0.2) is 0 Å². The van der Waals surface area contributed by atoms with Crippen molar-refractivity contribution in [1.29, 1.82) is 0 Å². The van der Waals surface area contributed by atoms with Crippen molar-refractivity contribution in [2.75, 3.05) is 6.54 Å². The number of nitrogens with one attached hydrogen (secondary N) is 1. The maximum atomic E-state index is 14.0. The number of likely N-dealkylation sites (N-methyl/N-ethyl adjacent to an activating group) is 1. The van der Waals surface area contributed by atoms with E-state index in [0.29, 0.717) is 17.0 Å². The Hall–Kier alpha value is -1.39. The Morgan fingerprint density at radius 2 is 2.26 bits per heavy atom. The summed E-state index contributed by atoms with van der Waals surface area (Å²) in [6.07, 6.45) is 4.21. The Balaban J connectivity index is 2.32. The van der Waals surface area contributed by atoms with Crippen molar-refractivity contribution < 1.29 is 4.39 Å². The van der Waals surface area contributed by atoms with Crippen LogP contribution in [0.5, 0.6) is 0 Å². The van der Waals surface area contributed by atoms with Gasteiger partial charge in [-0.05, 0) is 18.7 Å². The first kappa shape index (κ1) is 14.0. The van der Waals surface area contributed by atoms with E-state index in [2.05, 4.69) is 10.3 Å². The number of halogens is 2. The molecule has 0 spiro atoms. The lowest BCUT2D eigenvalue weighted by atomic mass is 10.0. The van der Waals surface area contributed by atoms with Crippen LogP contribution in [0, 0.1) is 5.82 Å². The van der Waals surface area contributed by atoms with Crippen molar-refractivity contribution in [2.24, 2.45) is 7.05 Å². The van der Waals surface area contributed by atoms with Gasteiger partial charge < -0.3 is 9.88 Å². The summed E-state index contributed by atoms with van der Waals surface area (Å²) in [5.41, 5.74) is 0.508. The van der Waals surface area contributed by atoms with Crippen LogP contribution in [0.1, 0.15) is 24.4 Å². The highest BCUT2D eigenvalue weighted by Crippen LogP contribution is 2.27. The van der Waals surface area contributed by atoms with E-state index in [1.807, 2.05) is 24.7 Å². The van der Waals surface area contributed by atoms with Gasteiger partial charge in [-0.3, -0.25) is 0 Å². The van der Waals surface area contributed by atoms with Crippen molar-refractivity contribution in [1.82, 2.24) is 14.9 Å². The monoisotopic (exact) mass is 281 g/mol. The van der Waals surface area contributed by atoms with Crippen LogP contribution in [0.3, 0.4) is 0 Å². The lowest BCUT2D eigenvalue weighted by Crippen LogP contribution is -2.25. The Morgan fingerprint density at radius 1 is 1.47 bits per heavy atom. The Labute approximate surface area is 117 Å². The predicted molar refractivity (Wildman–Crippen MR) is 74.7 cm³/mol. The molecule has 5 heteroatoms. The zero-order valence-corrected chi connectivity index (χ0v) is 11.8. The quantitative estimate of drug-likeness (QED) is 0.913. The molecule has 0 amide bonds. The second kappa shape index (κ2) is 6.17. The van der Waals surface area contributed by atoms with Crippen molar-refractivity contribution in [3.8, 4) is 0 Å². The van der Waals surface area contributed by atoms with Crippen molar-refractivity contribution in [2.45, 2.75) is 19.4 Å². The molecule has 0 saturated carbocycles. The summed E-state index contributed by atoms with van der Waals surface area (Å²) >= 11 is 6.13. The second-order valence-corrected chi connectivity index (χ2v) is 4.81. The van der Waals surface area contributed by atoms with E-state index in [1.54, 1.807) is 18.3 Å². The highest BCUT2D eigenvalue weighted by molar-refractivity contribution is 6.31. The molecule has 0 aliphatic carbocycles. The zero-order chi connectivity index (χ0) is 13.8. The first-order valence-electron chi connectivity index (χ1n) is 6.27. The molecule has 19 heavy (non-hydrogen) atoms. The number of aryl methyl sites for hydroxylation is 1. The number of hydrogen-bond donors (Lipinski definition) is 1. The molecule has 102 valence electrons. The van der Waals surface area contributed by atoms with Gasteiger partial charge in [0.1, 0.15) is 11.6 Å². The van der Waals surface area contributed by atoms with Crippen molar-refractivity contribution >= 4 is 11.6 Å². The smallest absolute Gasteiger partial charge is 0.129 e. The number of aromatic nitrogens is 2. The summed E-state index contributed by atoms with van der Waals surface area (Å²) in [4.78, 5) is 4.28. The number of rotatable bonds is 5. The third kappa shape index (κ3) is 3.14. The normalized spacial score (nSPS) is 12.6. The molecule has 1 unspecified atom stereocenters. The molecule has 0 saturated heterocycles. The highest BCUT2D eigenvalue weighted by atomic mass is 35.5. The van der Waals surface area contributed by atoms with Crippen LogP contribution in [-0.2, 0) is 13.5 Å². The summed E-state index contributed by atoms with van der Waals surface area (Å²) in [7, 11) is 1.92. The average Bonchev–Trinajstić information content (AvgIpc) is 2.75. The molecule has 0 aliphatic rings. The minimum atomic E-state index is -0.285. The molecule has 1 heterocycles. The molecule has 0 radical (unpaired) electrons. The van der Waals surface area contributed by atoms with E-state index in [-0.39, 0.29) is 11.9 Å². The van der Waals surface area contributed by atoms with Gasteiger partial charge in [-0.25, -0.2) is 9.37 Å². The summed E-state index contributed by atoms with van der Waals surface area (Å²) in [5, 5.41) is 3.71. The third-order valence-corrected chi connectivity index (χ3v) is 3.44. The molecule has 1 N–H and O–H groups in total. The Bertz CT molecular complexity index is 533. The van der Waals surface area contributed by atoms with Gasteiger partial charge in [0.2, 0.25) is 0 Å². The van der Waals surface area contributed by atoms with E-state index in [9.17, 15) is 4.39 Å². The Kier molecular flexibility index (Phi) is 4.56. The van der Waals surface area contributed by atoms with Gasteiger partial charge in [-0.1, -0.05) is 24.6 Å². The number of hydrogen-bond acceptors (Lipinski definition) is 2. The first-order valence-corrected chi connectivity index (χ1v) is 6.64. The molecular weight excluding hydrogens is 265 g/mol. The fourth-order valence-electron chi connectivity index (χ4n) is 2.14. The van der Waals surface area contributed by atoms with Crippen molar-refractivity contribution in [3.63, 3.8) is 0 Å². The van der Waals surface area contributed by atoms with E-state index in [0.717, 1.165) is 12.4 Å². The van der Waals surface area contributed by atoms with Gasteiger partial charge in [0.25, 0.3) is 0 Å². The van der Waals surface area contributed by atoms with Crippen LogP contribution >= 0.6 is 11.6 Å². The van der Waals surface area contributed by atoms with Crippen LogP contribution in [-0.4, -0.2) is 16.1 Å². The van der Waals surface area contributed by atoms with Gasteiger partial charge in [0, 0.05) is 42.5 Å². The maximum absolute atomic E-state index is 14.0. The molecule has 3 nitrogen and oxygen atoms in total. The first-order chi connectivity index (χ1) is 9.13. The SMILES string of the molecule is CCNC(Cc1nccn1C)c1c(F)cccc1Cl. The number of benzene rings is 1. The molecule has 0 aliphatic heterocycles. The van der Waals surface area contributed by atoms with Crippen LogP contribution in [0.25, 0.3) is 0 Å². The molecular formula is C14H17ClFN3. The molecule has 1 atom stereocenters.